The Labute approximate surface area is 92.3 Å². The average Bonchev–Trinajstić information content (AvgIpc) is 2.18. The molecule has 0 aliphatic rings. The number of aliphatic hydroxyl groups excluding tert-OH is 1. The molecule has 1 atom stereocenters. The van der Waals surface area contributed by atoms with Crippen LogP contribution in [0.2, 0.25) is 0 Å². The van der Waals surface area contributed by atoms with Gasteiger partial charge in [0.05, 0.1) is 11.3 Å². The molecule has 1 unspecified atom stereocenters. The molecule has 0 aliphatic carbocycles. The highest BCUT2D eigenvalue weighted by Crippen LogP contribution is 2.35. The van der Waals surface area contributed by atoms with Crippen LogP contribution in [0.5, 0.6) is 0 Å². The van der Waals surface area contributed by atoms with E-state index in [0.717, 1.165) is 0 Å². The molecule has 0 bridgehead atoms. The van der Waals surface area contributed by atoms with E-state index in [-0.39, 0.29) is 6.07 Å². The molecular formula is C9H7F4NO3. The SMILES string of the molecule is Nc1cc(C(O)C(=O)O)cc(C(F)(F)F)c1F. The summed E-state index contributed by atoms with van der Waals surface area (Å²) in [6.45, 7) is 0. The van der Waals surface area contributed by atoms with Gasteiger partial charge in [0, 0.05) is 0 Å². The molecule has 17 heavy (non-hydrogen) atoms. The molecule has 8 heteroatoms. The molecule has 0 spiro atoms. The Morgan fingerprint density at radius 2 is 1.88 bits per heavy atom. The minimum atomic E-state index is -5.02. The number of aliphatic hydroxyl groups is 1. The van der Waals surface area contributed by atoms with Crippen LogP contribution >= 0.6 is 0 Å². The molecule has 0 aliphatic heterocycles. The third-order valence-electron chi connectivity index (χ3n) is 1.98. The number of benzene rings is 1. The van der Waals surface area contributed by atoms with Crippen LogP contribution in [0.15, 0.2) is 12.1 Å². The Morgan fingerprint density at radius 3 is 2.29 bits per heavy atom. The second-order valence-corrected chi connectivity index (χ2v) is 3.21. The first-order valence-corrected chi connectivity index (χ1v) is 4.21. The summed E-state index contributed by atoms with van der Waals surface area (Å²) in [4.78, 5) is 10.4. The maximum absolute atomic E-state index is 13.1. The number of rotatable bonds is 2. The summed E-state index contributed by atoms with van der Waals surface area (Å²) in [6, 6.07) is 0.855. The van der Waals surface area contributed by atoms with Gasteiger partial charge in [-0.1, -0.05) is 0 Å². The molecule has 1 aromatic rings. The molecule has 0 aromatic heterocycles. The zero-order valence-corrected chi connectivity index (χ0v) is 8.12. The van der Waals surface area contributed by atoms with E-state index in [1.165, 1.54) is 0 Å². The standard InChI is InChI=1S/C9H7F4NO3/c10-6-4(9(11,12)13)1-3(2-5(6)14)7(15)8(16)17/h1-2,7,15H,14H2,(H,16,17). The first-order chi connectivity index (χ1) is 7.64. The van der Waals surface area contributed by atoms with Crippen molar-refractivity contribution in [1.82, 2.24) is 0 Å². The summed E-state index contributed by atoms with van der Waals surface area (Å²) in [5, 5.41) is 17.5. The number of hydrogen-bond acceptors (Lipinski definition) is 3. The van der Waals surface area contributed by atoms with Crippen molar-refractivity contribution in [1.29, 1.82) is 0 Å². The van der Waals surface area contributed by atoms with Gasteiger partial charge in [-0.25, -0.2) is 9.18 Å². The fourth-order valence-electron chi connectivity index (χ4n) is 1.18. The number of anilines is 1. The van der Waals surface area contributed by atoms with E-state index in [1.807, 2.05) is 0 Å². The van der Waals surface area contributed by atoms with Gasteiger partial charge in [0.2, 0.25) is 0 Å². The second-order valence-electron chi connectivity index (χ2n) is 3.21. The van der Waals surface area contributed by atoms with Crippen LogP contribution in [0.3, 0.4) is 0 Å². The molecule has 0 radical (unpaired) electrons. The molecular weight excluding hydrogens is 246 g/mol. The Kier molecular flexibility index (Phi) is 3.28. The van der Waals surface area contributed by atoms with Crippen LogP contribution in [-0.2, 0) is 11.0 Å². The predicted molar refractivity (Wildman–Crippen MR) is 48.4 cm³/mol. The molecule has 0 saturated carbocycles. The van der Waals surface area contributed by atoms with E-state index < -0.39 is 40.9 Å². The van der Waals surface area contributed by atoms with Crippen molar-refractivity contribution in [3.05, 3.63) is 29.1 Å². The van der Waals surface area contributed by atoms with Crippen LogP contribution in [-0.4, -0.2) is 16.2 Å². The molecule has 4 nitrogen and oxygen atoms in total. The number of aliphatic carboxylic acids is 1. The molecule has 0 fully saturated rings. The first kappa shape index (κ1) is 13.2. The Bertz CT molecular complexity index is 458. The maximum atomic E-state index is 13.1. The summed E-state index contributed by atoms with van der Waals surface area (Å²) < 4.78 is 50.1. The number of nitrogens with two attached hydrogens (primary N) is 1. The number of carboxylic acid groups (broad SMARTS) is 1. The summed E-state index contributed by atoms with van der Waals surface area (Å²) >= 11 is 0. The van der Waals surface area contributed by atoms with Gasteiger partial charge in [-0.15, -0.1) is 0 Å². The van der Waals surface area contributed by atoms with Crippen molar-refractivity contribution in [2.75, 3.05) is 5.73 Å². The number of alkyl halides is 3. The molecule has 0 heterocycles. The first-order valence-electron chi connectivity index (χ1n) is 4.21. The second kappa shape index (κ2) is 4.21. The van der Waals surface area contributed by atoms with Crippen molar-refractivity contribution in [3.63, 3.8) is 0 Å². The van der Waals surface area contributed by atoms with Gasteiger partial charge in [0.15, 0.2) is 11.9 Å². The highest BCUT2D eigenvalue weighted by molar-refractivity contribution is 5.74. The number of carboxylic acids is 1. The Hall–Kier alpha value is -1.83. The average molecular weight is 253 g/mol. The summed E-state index contributed by atoms with van der Waals surface area (Å²) in [5.41, 5.74) is 1.75. The molecule has 4 N–H and O–H groups in total. The van der Waals surface area contributed by atoms with Crippen molar-refractivity contribution >= 4 is 11.7 Å². The van der Waals surface area contributed by atoms with Gasteiger partial charge in [-0.05, 0) is 17.7 Å². The van der Waals surface area contributed by atoms with Gasteiger partial charge in [-0.3, -0.25) is 0 Å². The fourth-order valence-corrected chi connectivity index (χ4v) is 1.18. The van der Waals surface area contributed by atoms with Crippen molar-refractivity contribution in [3.8, 4) is 0 Å². The molecule has 0 amide bonds. The zero-order valence-electron chi connectivity index (χ0n) is 8.12. The zero-order chi connectivity index (χ0) is 13.4. The summed E-state index contributed by atoms with van der Waals surface area (Å²) in [6.07, 6.45) is -7.22. The topological polar surface area (TPSA) is 83.5 Å². The Morgan fingerprint density at radius 1 is 1.35 bits per heavy atom. The van der Waals surface area contributed by atoms with Crippen LogP contribution in [0.25, 0.3) is 0 Å². The van der Waals surface area contributed by atoms with E-state index in [2.05, 4.69) is 0 Å². The van der Waals surface area contributed by atoms with E-state index >= 15 is 0 Å². The smallest absolute Gasteiger partial charge is 0.419 e. The van der Waals surface area contributed by atoms with Gasteiger partial charge in [0.1, 0.15) is 0 Å². The molecule has 94 valence electrons. The number of nitrogen functional groups attached to an aromatic ring is 1. The van der Waals surface area contributed by atoms with Crippen LogP contribution < -0.4 is 5.73 Å². The molecule has 1 aromatic carbocycles. The molecule has 0 saturated heterocycles. The van der Waals surface area contributed by atoms with Crippen LogP contribution in [0.4, 0.5) is 23.2 Å². The van der Waals surface area contributed by atoms with Gasteiger partial charge >= 0.3 is 12.1 Å². The lowest BCUT2D eigenvalue weighted by Crippen LogP contribution is -2.15. The number of hydrogen-bond donors (Lipinski definition) is 3. The highest BCUT2D eigenvalue weighted by Gasteiger charge is 2.36. The number of carbonyl (C=O) groups is 1. The molecule has 1 rings (SSSR count). The normalized spacial score (nSPS) is 13.5. The Balaban J connectivity index is 3.39. The van der Waals surface area contributed by atoms with Gasteiger partial charge < -0.3 is 15.9 Å². The minimum Gasteiger partial charge on any atom is -0.479 e. The number of halogens is 4. The summed E-state index contributed by atoms with van der Waals surface area (Å²) in [7, 11) is 0. The quantitative estimate of drug-likeness (QED) is 0.551. The third-order valence-corrected chi connectivity index (χ3v) is 1.98. The third kappa shape index (κ3) is 2.64. The lowest BCUT2D eigenvalue weighted by atomic mass is 10.0. The monoisotopic (exact) mass is 253 g/mol. The fraction of sp³-hybridized carbons (Fsp3) is 0.222. The van der Waals surface area contributed by atoms with E-state index in [1.54, 1.807) is 0 Å². The van der Waals surface area contributed by atoms with Crippen LogP contribution in [0, 0.1) is 5.82 Å². The van der Waals surface area contributed by atoms with Crippen molar-refractivity contribution in [2.45, 2.75) is 12.3 Å². The maximum Gasteiger partial charge on any atom is 0.419 e. The van der Waals surface area contributed by atoms with E-state index in [9.17, 15) is 22.4 Å². The van der Waals surface area contributed by atoms with Crippen LogP contribution in [0.1, 0.15) is 17.2 Å². The lowest BCUT2D eigenvalue weighted by Gasteiger charge is -2.13. The minimum absolute atomic E-state index is 0.213. The van der Waals surface area contributed by atoms with Gasteiger partial charge in [-0.2, -0.15) is 13.2 Å². The summed E-state index contributed by atoms with van der Waals surface area (Å²) in [5.74, 6) is -3.46. The van der Waals surface area contributed by atoms with Gasteiger partial charge in [0.25, 0.3) is 0 Å². The van der Waals surface area contributed by atoms with Crippen molar-refractivity contribution in [2.24, 2.45) is 0 Å². The predicted octanol–water partition coefficient (Wildman–Crippen LogP) is 1.54. The largest absolute Gasteiger partial charge is 0.479 e. The van der Waals surface area contributed by atoms with E-state index in [0.29, 0.717) is 6.07 Å². The van der Waals surface area contributed by atoms with Crippen molar-refractivity contribution < 1.29 is 32.6 Å². The highest BCUT2D eigenvalue weighted by atomic mass is 19.4. The lowest BCUT2D eigenvalue weighted by molar-refractivity contribution is -0.147. The van der Waals surface area contributed by atoms with E-state index in [4.69, 9.17) is 15.9 Å².